The van der Waals surface area contributed by atoms with E-state index >= 15 is 0 Å². The van der Waals surface area contributed by atoms with Crippen molar-refractivity contribution >= 4 is 23.5 Å². The van der Waals surface area contributed by atoms with Gasteiger partial charge in [0.2, 0.25) is 0 Å². The van der Waals surface area contributed by atoms with Crippen molar-refractivity contribution in [2.24, 2.45) is 0 Å². The van der Waals surface area contributed by atoms with Gasteiger partial charge in [-0.2, -0.15) is 0 Å². The Hall–Kier alpha value is 0.0500. The molecule has 0 saturated heterocycles. The Bertz CT molecular complexity index is 535. The molecule has 1 atom stereocenters. The molecule has 102 valence electrons. The van der Waals surface area contributed by atoms with Gasteiger partial charge < -0.3 is 29.3 Å². The molecular formula is C12H9ClNa2O6. The standard InChI is InChI=1S/C12H11ClO6.2Na/c1-6(13)4-7-2-3-8-9(5-7)19-12(18-8,10(14)15)11(16)17;;/h2-3,5-6H,4H2,1H3,(H,14,15)(H,16,17);;/q;2*+1/p-2/t6-;;/m1../s1. The summed E-state index contributed by atoms with van der Waals surface area (Å²) in [7, 11) is 0. The van der Waals surface area contributed by atoms with E-state index in [2.05, 4.69) is 0 Å². The second-order valence-electron chi connectivity index (χ2n) is 4.16. The summed E-state index contributed by atoms with van der Waals surface area (Å²) in [6, 6.07) is 4.53. The molecule has 0 saturated carbocycles. The molecule has 0 amide bonds. The molecular weight excluding hydrogens is 322 g/mol. The Morgan fingerprint density at radius 2 is 1.71 bits per heavy atom. The van der Waals surface area contributed by atoms with E-state index in [0.717, 1.165) is 5.56 Å². The first kappa shape index (κ1) is 21.0. The monoisotopic (exact) mass is 330 g/mol. The molecule has 1 aliphatic rings. The predicted molar refractivity (Wildman–Crippen MR) is 59.5 cm³/mol. The zero-order valence-electron chi connectivity index (χ0n) is 11.8. The van der Waals surface area contributed by atoms with Crippen molar-refractivity contribution in [3.63, 3.8) is 0 Å². The molecule has 0 bridgehead atoms. The summed E-state index contributed by atoms with van der Waals surface area (Å²) in [5.74, 6) is -7.00. The van der Waals surface area contributed by atoms with E-state index in [1.54, 1.807) is 13.0 Å². The summed E-state index contributed by atoms with van der Waals surface area (Å²) in [6.07, 6.45) is 0.516. The topological polar surface area (TPSA) is 98.7 Å². The van der Waals surface area contributed by atoms with E-state index < -0.39 is 17.7 Å². The summed E-state index contributed by atoms with van der Waals surface area (Å²) in [5, 5.41) is 21.7. The first-order valence-electron chi connectivity index (χ1n) is 5.43. The molecule has 1 heterocycles. The Morgan fingerprint density at radius 1 is 1.19 bits per heavy atom. The van der Waals surface area contributed by atoms with Crippen molar-refractivity contribution in [3.05, 3.63) is 23.8 Å². The minimum absolute atomic E-state index is 0. The van der Waals surface area contributed by atoms with Crippen LogP contribution in [0.2, 0.25) is 0 Å². The molecule has 0 fully saturated rings. The Balaban J connectivity index is 0.00000200. The summed E-state index contributed by atoms with van der Waals surface area (Å²) < 4.78 is 9.65. The minimum Gasteiger partial charge on any atom is -0.542 e. The molecule has 1 aromatic rings. The van der Waals surface area contributed by atoms with Crippen LogP contribution in [0.1, 0.15) is 12.5 Å². The average Bonchev–Trinajstić information content (AvgIpc) is 2.68. The molecule has 6 nitrogen and oxygen atoms in total. The average molecular weight is 331 g/mol. The maximum absolute atomic E-state index is 10.9. The van der Waals surface area contributed by atoms with Gasteiger partial charge in [0.25, 0.3) is 0 Å². The van der Waals surface area contributed by atoms with Crippen molar-refractivity contribution in [1.29, 1.82) is 0 Å². The second-order valence-corrected chi connectivity index (χ2v) is 4.91. The number of carbonyl (C=O) groups is 2. The molecule has 21 heavy (non-hydrogen) atoms. The molecule has 0 radical (unpaired) electrons. The van der Waals surface area contributed by atoms with E-state index in [1.807, 2.05) is 0 Å². The van der Waals surface area contributed by atoms with Gasteiger partial charge in [0.1, 0.15) is 11.9 Å². The maximum atomic E-state index is 10.9. The quantitative estimate of drug-likeness (QED) is 0.309. The van der Waals surface area contributed by atoms with Gasteiger partial charge in [0, 0.05) is 5.38 Å². The van der Waals surface area contributed by atoms with E-state index in [1.165, 1.54) is 12.1 Å². The molecule has 0 aromatic heterocycles. The number of carbonyl (C=O) groups excluding carboxylic acids is 2. The van der Waals surface area contributed by atoms with Crippen LogP contribution >= 0.6 is 11.6 Å². The fourth-order valence-corrected chi connectivity index (χ4v) is 1.93. The first-order chi connectivity index (χ1) is 8.85. The number of fused-ring (bicyclic) bond motifs is 1. The van der Waals surface area contributed by atoms with Crippen LogP contribution in [0, 0.1) is 0 Å². The molecule has 9 heteroatoms. The zero-order chi connectivity index (χ0) is 14.2. The SMILES string of the molecule is C[C@@H](Cl)Cc1ccc2c(c1)OC(C(=O)[O-])(C(=O)[O-])O2.[Na+].[Na+]. The van der Waals surface area contributed by atoms with Crippen LogP contribution in [0.4, 0.5) is 0 Å². The molecule has 0 spiro atoms. The largest absolute Gasteiger partial charge is 1.00 e. The number of rotatable bonds is 4. The Kier molecular flexibility index (Phi) is 8.08. The molecule has 1 aromatic carbocycles. The van der Waals surface area contributed by atoms with Crippen molar-refractivity contribution in [2.75, 3.05) is 0 Å². The smallest absolute Gasteiger partial charge is 0.542 e. The molecule has 2 rings (SSSR count). The third-order valence-corrected chi connectivity index (χ3v) is 2.72. The van der Waals surface area contributed by atoms with Crippen molar-refractivity contribution < 1.29 is 88.4 Å². The van der Waals surface area contributed by atoms with E-state index in [-0.39, 0.29) is 76.0 Å². The van der Waals surface area contributed by atoms with Crippen LogP contribution in [0.25, 0.3) is 0 Å². The minimum atomic E-state index is -2.94. The predicted octanol–water partition coefficient (Wildman–Crippen LogP) is -7.17. The zero-order valence-corrected chi connectivity index (χ0v) is 16.6. The van der Waals surface area contributed by atoms with Gasteiger partial charge in [-0.05, 0) is 31.0 Å². The van der Waals surface area contributed by atoms with Crippen LogP contribution in [0.15, 0.2) is 18.2 Å². The molecule has 0 unspecified atom stereocenters. The van der Waals surface area contributed by atoms with E-state index in [9.17, 15) is 19.8 Å². The summed E-state index contributed by atoms with van der Waals surface area (Å²) in [4.78, 5) is 21.8. The number of aliphatic carboxylic acids is 2. The maximum Gasteiger partial charge on any atom is 1.00 e. The third-order valence-electron chi connectivity index (χ3n) is 2.57. The molecule has 1 aliphatic heterocycles. The third kappa shape index (κ3) is 4.28. The van der Waals surface area contributed by atoms with Gasteiger partial charge in [0.05, 0.1) is 0 Å². The number of alkyl halides is 1. The van der Waals surface area contributed by atoms with E-state index in [0.29, 0.717) is 6.42 Å². The summed E-state index contributed by atoms with van der Waals surface area (Å²) >= 11 is 5.84. The second kappa shape index (κ2) is 8.06. The van der Waals surface area contributed by atoms with Crippen LogP contribution in [0.3, 0.4) is 0 Å². The number of halogens is 1. The van der Waals surface area contributed by atoms with Gasteiger partial charge in [-0.15, -0.1) is 11.6 Å². The van der Waals surface area contributed by atoms with Crippen LogP contribution in [0.5, 0.6) is 11.5 Å². The Morgan fingerprint density at radius 3 is 2.19 bits per heavy atom. The summed E-state index contributed by atoms with van der Waals surface area (Å²) in [6.45, 7) is 1.79. The first-order valence-corrected chi connectivity index (χ1v) is 5.86. The fourth-order valence-electron chi connectivity index (χ4n) is 1.75. The van der Waals surface area contributed by atoms with Crippen LogP contribution in [-0.4, -0.2) is 23.1 Å². The van der Waals surface area contributed by atoms with Gasteiger partial charge >= 0.3 is 64.9 Å². The Labute approximate surface area is 170 Å². The number of benzene rings is 1. The molecule has 0 aliphatic carbocycles. The van der Waals surface area contributed by atoms with Crippen LogP contribution < -0.4 is 78.8 Å². The van der Waals surface area contributed by atoms with Gasteiger partial charge in [-0.1, -0.05) is 6.07 Å². The summed E-state index contributed by atoms with van der Waals surface area (Å²) in [5.41, 5.74) is 0.761. The van der Waals surface area contributed by atoms with Gasteiger partial charge in [0.15, 0.2) is 11.5 Å². The number of ether oxygens (including phenoxy) is 2. The van der Waals surface area contributed by atoms with Crippen molar-refractivity contribution in [3.8, 4) is 11.5 Å². The fraction of sp³-hybridized carbons (Fsp3) is 0.333. The van der Waals surface area contributed by atoms with Crippen LogP contribution in [-0.2, 0) is 16.0 Å². The molecule has 0 N–H and O–H groups in total. The number of carboxylic acid groups (broad SMARTS) is 2. The van der Waals surface area contributed by atoms with Gasteiger partial charge in [-0.3, -0.25) is 0 Å². The normalized spacial score (nSPS) is 15.3. The van der Waals surface area contributed by atoms with E-state index in [4.69, 9.17) is 21.1 Å². The number of hydrogen-bond donors (Lipinski definition) is 0. The number of carboxylic acids is 2. The van der Waals surface area contributed by atoms with Gasteiger partial charge in [-0.25, -0.2) is 0 Å². The van der Waals surface area contributed by atoms with Crippen molar-refractivity contribution in [1.82, 2.24) is 0 Å². The van der Waals surface area contributed by atoms with Crippen molar-refractivity contribution in [2.45, 2.75) is 24.5 Å². The number of hydrogen-bond acceptors (Lipinski definition) is 6.